The summed E-state index contributed by atoms with van der Waals surface area (Å²) in [6, 6.07) is -0.767. The number of aliphatic hydroxyl groups excluding tert-OH is 3. The minimum atomic E-state index is -0.960. The van der Waals surface area contributed by atoms with Gasteiger partial charge >= 0.3 is 0 Å². The predicted octanol–water partition coefficient (Wildman–Crippen LogP) is 16.4. The molecule has 0 saturated carbocycles. The maximum absolute atomic E-state index is 12.5. The summed E-state index contributed by atoms with van der Waals surface area (Å²) in [6.07, 6.45) is 67.3. The third kappa shape index (κ3) is 47.6. The van der Waals surface area contributed by atoms with E-state index in [1.165, 1.54) is 212 Å². The highest BCUT2D eigenvalue weighted by atomic mass is 16.3. The lowest BCUT2D eigenvalue weighted by Crippen LogP contribution is -2.45. The summed E-state index contributed by atoms with van der Waals surface area (Å²) in [5, 5.41) is 33.3. The molecule has 4 N–H and O–H groups in total. The Morgan fingerprint density at radius 1 is 0.410 bits per heavy atom. The van der Waals surface area contributed by atoms with Gasteiger partial charge < -0.3 is 20.6 Å². The van der Waals surface area contributed by atoms with Gasteiger partial charge in [-0.05, 0) is 70.6 Å². The molecule has 5 nitrogen and oxygen atoms in total. The molecule has 0 saturated heterocycles. The lowest BCUT2D eigenvalue weighted by atomic mass is 10.0. The second kappa shape index (κ2) is 50.9. The zero-order chi connectivity index (χ0) is 44.4. The molecule has 0 bridgehead atoms. The smallest absolute Gasteiger partial charge is 0.222 e. The largest absolute Gasteiger partial charge is 0.394 e. The van der Waals surface area contributed by atoms with E-state index in [0.717, 1.165) is 38.5 Å². The third-order valence-corrected chi connectivity index (χ3v) is 12.3. The van der Waals surface area contributed by atoms with Gasteiger partial charge in [0.1, 0.15) is 0 Å². The normalized spacial score (nSPS) is 13.7. The van der Waals surface area contributed by atoms with Crippen molar-refractivity contribution in [2.24, 2.45) is 0 Å². The molecule has 0 heterocycles. The minimum absolute atomic E-state index is 0.00304. The van der Waals surface area contributed by atoms with Crippen LogP contribution < -0.4 is 5.32 Å². The van der Waals surface area contributed by atoms with Gasteiger partial charge in [0.2, 0.25) is 5.91 Å². The second-order valence-electron chi connectivity index (χ2n) is 18.5. The molecule has 0 rings (SSSR count). The molecular weight excluding hydrogens is 751 g/mol. The Kier molecular flexibility index (Phi) is 49.5. The van der Waals surface area contributed by atoms with Crippen LogP contribution in [0.25, 0.3) is 0 Å². The van der Waals surface area contributed by atoms with Gasteiger partial charge in [0.05, 0.1) is 31.3 Å². The second-order valence-corrected chi connectivity index (χ2v) is 18.5. The van der Waals surface area contributed by atoms with Gasteiger partial charge in [-0.25, -0.2) is 0 Å². The van der Waals surface area contributed by atoms with Gasteiger partial charge in [-0.15, -0.1) is 0 Å². The first-order valence-corrected chi connectivity index (χ1v) is 26.9. The van der Waals surface area contributed by atoms with E-state index in [9.17, 15) is 20.1 Å². The number of aliphatic hydroxyl groups is 3. The Morgan fingerprint density at radius 3 is 1.05 bits per heavy atom. The van der Waals surface area contributed by atoms with Gasteiger partial charge in [-0.3, -0.25) is 4.79 Å². The van der Waals surface area contributed by atoms with Gasteiger partial charge in [0.15, 0.2) is 0 Å². The Bertz CT molecular complexity index is 989. The number of amides is 1. The fraction of sp³-hybridized carbons (Fsp3) is 0.839. The van der Waals surface area contributed by atoms with Gasteiger partial charge in [0, 0.05) is 0 Å². The number of hydrogen-bond donors (Lipinski definition) is 4. The Hall–Kier alpha value is -1.69. The van der Waals surface area contributed by atoms with Crippen LogP contribution in [0.2, 0.25) is 0 Å². The van der Waals surface area contributed by atoms with Crippen LogP contribution in [0.3, 0.4) is 0 Å². The zero-order valence-corrected chi connectivity index (χ0v) is 40.8. The van der Waals surface area contributed by atoms with E-state index in [0.29, 0.717) is 6.42 Å². The highest BCUT2D eigenvalue weighted by Crippen LogP contribution is 2.16. The quantitative estimate of drug-likeness (QED) is 0.0362. The SMILES string of the molecule is CCCCCCC/C=C/CC/C=C/CC/C=C/C(O)C(CO)NC(=O)CC(O)CCCCCCCCCCCCCCCCC/C=C\CCCCCCCCCCCCCC. The van der Waals surface area contributed by atoms with Crippen LogP contribution in [0, 0.1) is 0 Å². The molecule has 0 aromatic heterocycles. The van der Waals surface area contributed by atoms with E-state index in [2.05, 4.69) is 55.6 Å². The van der Waals surface area contributed by atoms with E-state index in [1.54, 1.807) is 6.08 Å². The van der Waals surface area contributed by atoms with E-state index >= 15 is 0 Å². The highest BCUT2D eigenvalue weighted by molar-refractivity contribution is 5.76. The summed E-state index contributed by atoms with van der Waals surface area (Å²) < 4.78 is 0. The Labute approximate surface area is 380 Å². The van der Waals surface area contributed by atoms with Crippen molar-refractivity contribution in [3.05, 3.63) is 48.6 Å². The third-order valence-electron chi connectivity index (χ3n) is 12.3. The zero-order valence-electron chi connectivity index (χ0n) is 40.8. The van der Waals surface area contributed by atoms with Crippen LogP contribution in [-0.2, 0) is 4.79 Å². The van der Waals surface area contributed by atoms with Crippen molar-refractivity contribution in [2.45, 2.75) is 295 Å². The van der Waals surface area contributed by atoms with Crippen molar-refractivity contribution >= 4 is 5.91 Å². The molecule has 0 aliphatic carbocycles. The van der Waals surface area contributed by atoms with Crippen molar-refractivity contribution in [3.8, 4) is 0 Å². The topological polar surface area (TPSA) is 89.8 Å². The fourth-order valence-electron chi connectivity index (χ4n) is 8.19. The van der Waals surface area contributed by atoms with Crippen molar-refractivity contribution in [1.29, 1.82) is 0 Å². The number of allylic oxidation sites excluding steroid dienone is 7. The van der Waals surface area contributed by atoms with Gasteiger partial charge in [-0.2, -0.15) is 0 Å². The predicted molar refractivity (Wildman–Crippen MR) is 268 cm³/mol. The van der Waals surface area contributed by atoms with Crippen LogP contribution in [0.15, 0.2) is 48.6 Å². The molecular formula is C56H105NO4. The van der Waals surface area contributed by atoms with Crippen molar-refractivity contribution in [2.75, 3.05) is 6.61 Å². The van der Waals surface area contributed by atoms with Crippen molar-refractivity contribution in [3.63, 3.8) is 0 Å². The molecule has 3 unspecified atom stereocenters. The summed E-state index contributed by atoms with van der Waals surface area (Å²) in [5.74, 6) is -0.328. The molecule has 61 heavy (non-hydrogen) atoms. The van der Waals surface area contributed by atoms with Gasteiger partial charge in [0.25, 0.3) is 0 Å². The molecule has 358 valence electrons. The maximum Gasteiger partial charge on any atom is 0.222 e. The number of carbonyl (C=O) groups is 1. The first-order chi connectivity index (χ1) is 30.0. The maximum atomic E-state index is 12.5. The first-order valence-electron chi connectivity index (χ1n) is 26.9. The summed E-state index contributed by atoms with van der Waals surface area (Å²) in [6.45, 7) is 4.20. The summed E-state index contributed by atoms with van der Waals surface area (Å²) in [4.78, 5) is 12.5. The molecule has 1 amide bonds. The van der Waals surface area contributed by atoms with E-state index in [-0.39, 0.29) is 18.9 Å². The number of hydrogen-bond acceptors (Lipinski definition) is 4. The first kappa shape index (κ1) is 59.3. The summed E-state index contributed by atoms with van der Waals surface area (Å²) >= 11 is 0. The molecule has 0 radical (unpaired) electrons. The van der Waals surface area contributed by atoms with Crippen LogP contribution >= 0.6 is 0 Å². The standard InChI is InChI=1S/C56H105NO4/c1-3-5-7-9-11-13-15-17-19-20-21-22-23-24-25-26-27-28-29-30-31-32-33-34-36-37-39-41-43-45-47-49-53(59)51-56(61)57-54(52-58)55(60)50-48-46-44-42-40-38-35-18-16-14-12-10-8-6-4-2/h16,18,24-25,40,42,48,50,53-55,58-60H,3-15,17,19-23,26-39,41,43-47,49,51-52H2,1-2H3,(H,57,61)/b18-16+,25-24-,42-40+,50-48+. The fourth-order valence-corrected chi connectivity index (χ4v) is 8.19. The van der Waals surface area contributed by atoms with Crippen molar-refractivity contribution in [1.82, 2.24) is 5.32 Å². The van der Waals surface area contributed by atoms with E-state index in [4.69, 9.17) is 0 Å². The van der Waals surface area contributed by atoms with Crippen LogP contribution in [0.4, 0.5) is 0 Å². The monoisotopic (exact) mass is 856 g/mol. The van der Waals surface area contributed by atoms with E-state index < -0.39 is 18.2 Å². The number of rotatable bonds is 49. The highest BCUT2D eigenvalue weighted by Gasteiger charge is 2.20. The lowest BCUT2D eigenvalue weighted by molar-refractivity contribution is -0.124. The lowest BCUT2D eigenvalue weighted by Gasteiger charge is -2.21. The molecule has 0 fully saturated rings. The summed E-state index contributed by atoms with van der Waals surface area (Å²) in [7, 11) is 0. The number of carbonyl (C=O) groups excluding carboxylic acids is 1. The average Bonchev–Trinajstić information content (AvgIpc) is 3.25. The molecule has 0 spiro atoms. The van der Waals surface area contributed by atoms with Gasteiger partial charge in [-0.1, -0.05) is 249 Å². The average molecular weight is 856 g/mol. The molecule has 0 aliphatic rings. The van der Waals surface area contributed by atoms with E-state index in [1.807, 2.05) is 6.08 Å². The van der Waals surface area contributed by atoms with Crippen LogP contribution in [-0.4, -0.2) is 46.1 Å². The number of unbranched alkanes of at least 4 members (excludes halogenated alkanes) is 34. The molecule has 0 aliphatic heterocycles. The Balaban J connectivity index is 3.56. The van der Waals surface area contributed by atoms with Crippen LogP contribution in [0.5, 0.6) is 0 Å². The minimum Gasteiger partial charge on any atom is -0.394 e. The Morgan fingerprint density at radius 2 is 0.705 bits per heavy atom. The molecule has 3 atom stereocenters. The molecule has 0 aromatic rings. The molecule has 5 heteroatoms. The van der Waals surface area contributed by atoms with Crippen molar-refractivity contribution < 1.29 is 20.1 Å². The summed E-state index contributed by atoms with van der Waals surface area (Å²) in [5.41, 5.74) is 0. The number of nitrogens with one attached hydrogen (secondary N) is 1. The van der Waals surface area contributed by atoms with Crippen LogP contribution in [0.1, 0.15) is 277 Å². The molecule has 0 aromatic carbocycles.